The van der Waals surface area contributed by atoms with Crippen molar-refractivity contribution in [3.63, 3.8) is 0 Å². The monoisotopic (exact) mass is 281 g/mol. The lowest BCUT2D eigenvalue weighted by Gasteiger charge is -2.19. The number of anilines is 1. The number of aromatic nitrogens is 2. The van der Waals surface area contributed by atoms with Gasteiger partial charge in [-0.25, -0.2) is 4.98 Å². The molecule has 3 rings (SSSR count). The summed E-state index contributed by atoms with van der Waals surface area (Å²) in [4.78, 5) is 32.8. The first kappa shape index (κ1) is 12.7. The SMILES string of the molecule is O=C1CC(CCl)CN1c1nc2c(c(=O)[nH]1)CCCC2. The number of hydrogen-bond acceptors (Lipinski definition) is 3. The molecule has 102 valence electrons. The van der Waals surface area contributed by atoms with E-state index in [0.717, 1.165) is 36.9 Å². The number of aromatic amines is 1. The molecule has 2 heterocycles. The van der Waals surface area contributed by atoms with E-state index in [2.05, 4.69) is 9.97 Å². The predicted molar refractivity (Wildman–Crippen MR) is 72.7 cm³/mol. The summed E-state index contributed by atoms with van der Waals surface area (Å²) in [6.07, 6.45) is 4.14. The highest BCUT2D eigenvalue weighted by Crippen LogP contribution is 2.24. The van der Waals surface area contributed by atoms with Gasteiger partial charge in [0.15, 0.2) is 0 Å². The largest absolute Gasteiger partial charge is 0.292 e. The number of hydrogen-bond donors (Lipinski definition) is 1. The van der Waals surface area contributed by atoms with Crippen molar-refractivity contribution in [2.75, 3.05) is 17.3 Å². The number of H-pyrrole nitrogens is 1. The molecular formula is C13H16ClN3O2. The molecule has 0 aromatic carbocycles. The van der Waals surface area contributed by atoms with Crippen molar-refractivity contribution in [2.45, 2.75) is 32.1 Å². The van der Waals surface area contributed by atoms with E-state index in [9.17, 15) is 9.59 Å². The molecule has 1 unspecified atom stereocenters. The number of alkyl halides is 1. The zero-order valence-electron chi connectivity index (χ0n) is 10.6. The minimum Gasteiger partial charge on any atom is -0.292 e. The van der Waals surface area contributed by atoms with Gasteiger partial charge in [0.25, 0.3) is 5.56 Å². The molecule has 1 amide bonds. The standard InChI is InChI=1S/C13H16ClN3O2/c14-6-8-5-11(18)17(7-8)13-15-10-4-2-1-3-9(10)12(19)16-13/h8H,1-7H2,(H,15,16,19). The molecule has 6 heteroatoms. The van der Waals surface area contributed by atoms with Crippen molar-refractivity contribution >= 4 is 23.5 Å². The Morgan fingerprint density at radius 1 is 1.32 bits per heavy atom. The number of carbonyl (C=O) groups is 1. The van der Waals surface area contributed by atoms with Crippen LogP contribution in [0.4, 0.5) is 5.95 Å². The van der Waals surface area contributed by atoms with Crippen LogP contribution in [-0.4, -0.2) is 28.3 Å². The number of amides is 1. The average Bonchev–Trinajstić information content (AvgIpc) is 2.80. The lowest BCUT2D eigenvalue weighted by atomic mass is 9.97. The number of fused-ring (bicyclic) bond motifs is 1. The Labute approximate surface area is 116 Å². The van der Waals surface area contributed by atoms with E-state index in [-0.39, 0.29) is 17.4 Å². The fourth-order valence-corrected chi connectivity index (χ4v) is 3.01. The van der Waals surface area contributed by atoms with E-state index in [4.69, 9.17) is 11.6 Å². The second kappa shape index (κ2) is 4.96. The Hall–Kier alpha value is -1.36. The topological polar surface area (TPSA) is 66.1 Å². The molecule has 1 saturated heterocycles. The van der Waals surface area contributed by atoms with Crippen molar-refractivity contribution < 1.29 is 4.79 Å². The van der Waals surface area contributed by atoms with Crippen molar-refractivity contribution in [1.29, 1.82) is 0 Å². The fraction of sp³-hybridized carbons (Fsp3) is 0.615. The second-order valence-corrected chi connectivity index (χ2v) is 5.56. The minimum atomic E-state index is -0.0955. The molecule has 1 fully saturated rings. The van der Waals surface area contributed by atoms with Gasteiger partial charge in [0, 0.05) is 24.4 Å². The lowest BCUT2D eigenvalue weighted by Crippen LogP contribution is -2.31. The number of aryl methyl sites for hydroxylation is 1. The third kappa shape index (κ3) is 2.27. The van der Waals surface area contributed by atoms with Gasteiger partial charge in [-0.1, -0.05) is 0 Å². The van der Waals surface area contributed by atoms with Crippen molar-refractivity contribution in [3.8, 4) is 0 Å². The van der Waals surface area contributed by atoms with Crippen LogP contribution < -0.4 is 10.5 Å². The predicted octanol–water partition coefficient (Wildman–Crippen LogP) is 1.24. The maximum absolute atomic E-state index is 12.0. The summed E-state index contributed by atoms with van der Waals surface area (Å²) in [5, 5.41) is 0. The first-order valence-corrected chi connectivity index (χ1v) is 7.21. The van der Waals surface area contributed by atoms with Crippen LogP contribution in [0.25, 0.3) is 0 Å². The normalized spacial score (nSPS) is 22.7. The number of nitrogens with zero attached hydrogens (tertiary/aromatic N) is 2. The number of carbonyl (C=O) groups excluding carboxylic acids is 1. The third-order valence-corrected chi connectivity index (χ3v) is 4.29. The highest BCUT2D eigenvalue weighted by atomic mass is 35.5. The van der Waals surface area contributed by atoms with Crippen molar-refractivity contribution in [2.24, 2.45) is 5.92 Å². The molecule has 0 saturated carbocycles. The molecule has 19 heavy (non-hydrogen) atoms. The van der Waals surface area contributed by atoms with Crippen LogP contribution in [0, 0.1) is 5.92 Å². The van der Waals surface area contributed by atoms with Gasteiger partial charge in [-0.3, -0.25) is 19.5 Å². The Morgan fingerprint density at radius 2 is 2.11 bits per heavy atom. The van der Waals surface area contributed by atoms with E-state index >= 15 is 0 Å². The summed E-state index contributed by atoms with van der Waals surface area (Å²) in [6, 6.07) is 0. The molecule has 0 radical (unpaired) electrons. The van der Waals surface area contributed by atoms with Gasteiger partial charge in [0.05, 0.1) is 5.69 Å². The molecular weight excluding hydrogens is 266 g/mol. The highest BCUT2D eigenvalue weighted by molar-refractivity contribution is 6.18. The number of nitrogens with one attached hydrogen (secondary N) is 1. The maximum atomic E-state index is 12.0. The van der Waals surface area contributed by atoms with Crippen molar-refractivity contribution in [1.82, 2.24) is 9.97 Å². The summed E-state index contributed by atoms with van der Waals surface area (Å²) in [6.45, 7) is 0.546. The molecule has 0 spiro atoms. The van der Waals surface area contributed by atoms with Crippen LogP contribution >= 0.6 is 11.6 Å². The Balaban J connectivity index is 1.96. The summed E-state index contributed by atoms with van der Waals surface area (Å²) < 4.78 is 0. The molecule has 0 bridgehead atoms. The zero-order valence-corrected chi connectivity index (χ0v) is 11.4. The van der Waals surface area contributed by atoms with E-state index in [1.807, 2.05) is 0 Å². The molecule has 1 aliphatic heterocycles. The van der Waals surface area contributed by atoms with Gasteiger partial charge in [0.1, 0.15) is 0 Å². The summed E-state index contributed by atoms with van der Waals surface area (Å²) >= 11 is 5.80. The fourth-order valence-electron chi connectivity index (χ4n) is 2.81. The van der Waals surface area contributed by atoms with Gasteiger partial charge in [-0.05, 0) is 31.6 Å². The second-order valence-electron chi connectivity index (χ2n) is 5.25. The number of rotatable bonds is 2. The van der Waals surface area contributed by atoms with E-state index in [1.54, 1.807) is 4.90 Å². The average molecular weight is 282 g/mol. The van der Waals surface area contributed by atoms with Gasteiger partial charge < -0.3 is 0 Å². The van der Waals surface area contributed by atoms with E-state index < -0.39 is 0 Å². The maximum Gasteiger partial charge on any atom is 0.255 e. The van der Waals surface area contributed by atoms with Crippen LogP contribution in [0.15, 0.2) is 4.79 Å². The molecule has 5 nitrogen and oxygen atoms in total. The first-order valence-electron chi connectivity index (χ1n) is 6.67. The Kier molecular flexibility index (Phi) is 3.31. The zero-order chi connectivity index (χ0) is 13.4. The summed E-state index contributed by atoms with van der Waals surface area (Å²) in [5.41, 5.74) is 1.55. The Bertz CT molecular complexity index is 569. The first-order chi connectivity index (χ1) is 9.19. The smallest absolute Gasteiger partial charge is 0.255 e. The van der Waals surface area contributed by atoms with Crippen LogP contribution in [0.2, 0.25) is 0 Å². The molecule has 1 aromatic heterocycles. The molecule has 1 N–H and O–H groups in total. The minimum absolute atomic E-state index is 0.00967. The molecule has 1 aliphatic carbocycles. The van der Waals surface area contributed by atoms with Gasteiger partial charge >= 0.3 is 0 Å². The van der Waals surface area contributed by atoms with Crippen LogP contribution in [0.5, 0.6) is 0 Å². The van der Waals surface area contributed by atoms with Crippen LogP contribution in [0.3, 0.4) is 0 Å². The summed E-state index contributed by atoms with van der Waals surface area (Å²) in [7, 11) is 0. The quantitative estimate of drug-likeness (QED) is 0.830. The number of halogens is 1. The van der Waals surface area contributed by atoms with Crippen LogP contribution in [0.1, 0.15) is 30.5 Å². The third-order valence-electron chi connectivity index (χ3n) is 3.86. The van der Waals surface area contributed by atoms with E-state index in [0.29, 0.717) is 24.8 Å². The van der Waals surface area contributed by atoms with E-state index in [1.165, 1.54) is 0 Å². The van der Waals surface area contributed by atoms with Crippen molar-refractivity contribution in [3.05, 3.63) is 21.6 Å². The summed E-state index contributed by atoms with van der Waals surface area (Å²) in [5.74, 6) is 0.987. The van der Waals surface area contributed by atoms with Gasteiger partial charge in [-0.15, -0.1) is 11.6 Å². The molecule has 1 atom stereocenters. The molecule has 2 aliphatic rings. The Morgan fingerprint density at radius 3 is 2.84 bits per heavy atom. The lowest BCUT2D eigenvalue weighted by molar-refractivity contribution is -0.117. The van der Waals surface area contributed by atoms with Gasteiger partial charge in [-0.2, -0.15) is 0 Å². The highest BCUT2D eigenvalue weighted by Gasteiger charge is 2.32. The van der Waals surface area contributed by atoms with Crippen LogP contribution in [-0.2, 0) is 17.6 Å². The van der Waals surface area contributed by atoms with Gasteiger partial charge in [0.2, 0.25) is 11.9 Å². The molecule has 1 aromatic rings.